The Labute approximate surface area is 298 Å². The Bertz CT molecular complexity index is 1900. The van der Waals surface area contributed by atoms with Gasteiger partial charge in [0.1, 0.15) is 0 Å². The lowest BCUT2D eigenvalue weighted by atomic mass is 9.92. The van der Waals surface area contributed by atoms with E-state index in [-0.39, 0.29) is 51.0 Å². The highest BCUT2D eigenvalue weighted by Gasteiger charge is 2.43. The van der Waals surface area contributed by atoms with Crippen molar-refractivity contribution in [1.29, 1.82) is 0 Å². The van der Waals surface area contributed by atoms with Crippen LogP contribution in [0.5, 0.6) is 0 Å². The Hall–Kier alpha value is -4.49. The number of carbonyl (C=O) groups excluding carboxylic acids is 2. The summed E-state index contributed by atoms with van der Waals surface area (Å²) in [6.07, 6.45) is -4.42. The molecule has 0 radical (unpaired) electrons. The first-order valence-corrected chi connectivity index (χ1v) is 17.5. The topological polar surface area (TPSA) is 68.8 Å². The van der Waals surface area contributed by atoms with Crippen LogP contribution in [0.15, 0.2) is 72.8 Å². The van der Waals surface area contributed by atoms with Gasteiger partial charge in [-0.3, -0.25) is 14.5 Å². The Balaban J connectivity index is 1.52. The van der Waals surface area contributed by atoms with Crippen molar-refractivity contribution in [2.75, 3.05) is 40.3 Å². The molecule has 13 heteroatoms. The number of piperidine rings is 2. The first kappa shape index (κ1) is 37.3. The van der Waals surface area contributed by atoms with Crippen LogP contribution < -0.4 is 5.32 Å². The zero-order valence-corrected chi connectivity index (χ0v) is 29.0. The Morgan fingerprint density at radius 1 is 0.865 bits per heavy atom. The average molecular weight is 726 g/mol. The smallest absolute Gasteiger partial charge is 0.345 e. The molecule has 1 N–H and O–H groups in total. The summed E-state index contributed by atoms with van der Waals surface area (Å²) in [4.78, 5) is 38.2. The van der Waals surface area contributed by atoms with Crippen LogP contribution in [-0.4, -0.2) is 84.0 Å². The summed E-state index contributed by atoms with van der Waals surface area (Å²) in [5, 5.41) is 2.32. The van der Waals surface area contributed by atoms with E-state index in [1.807, 2.05) is 0 Å². The number of nitrogens with one attached hydrogen (secondary N) is 1. The Morgan fingerprint density at radius 3 is 2.19 bits per heavy atom. The fourth-order valence-electron chi connectivity index (χ4n) is 7.34. The lowest BCUT2D eigenvalue weighted by Gasteiger charge is -2.40. The zero-order valence-electron chi connectivity index (χ0n) is 29.0. The van der Waals surface area contributed by atoms with E-state index >= 15 is 0 Å². The number of likely N-dealkylation sites (tertiary alicyclic amines) is 2. The van der Waals surface area contributed by atoms with Gasteiger partial charge in [0.15, 0.2) is 6.04 Å². The standard InChI is InChI=1S/C39H41F6N5O2/c1-48(2)37(52)27-14-15-32-30(23-27)33(36(51)47-35(39(43,44)45)25-10-5-3-6-11-25)31(34(46-32)26-12-9-13-28(22-26)38(40,41)42)24-49-20-16-29(17-21-49)50-18-7-4-8-19-50/h3,5-6,9-15,22-23,29,35H,4,7-8,16-21,24H2,1-2H3,(H,47,51). The molecule has 2 saturated heterocycles. The van der Waals surface area contributed by atoms with Crippen molar-refractivity contribution in [2.45, 2.75) is 63.1 Å². The van der Waals surface area contributed by atoms with Crippen molar-refractivity contribution in [3.63, 3.8) is 0 Å². The van der Waals surface area contributed by atoms with Gasteiger partial charge in [0.25, 0.3) is 11.8 Å². The fourth-order valence-corrected chi connectivity index (χ4v) is 7.34. The second-order valence-corrected chi connectivity index (χ2v) is 13.8. The maximum absolute atomic E-state index is 14.6. The van der Waals surface area contributed by atoms with Crippen LogP contribution in [-0.2, 0) is 12.7 Å². The summed E-state index contributed by atoms with van der Waals surface area (Å²) in [5.74, 6) is -1.49. The van der Waals surface area contributed by atoms with Gasteiger partial charge in [0.05, 0.1) is 22.3 Å². The molecule has 4 aromatic rings. The van der Waals surface area contributed by atoms with Crippen molar-refractivity contribution in [3.8, 4) is 11.3 Å². The summed E-state index contributed by atoms with van der Waals surface area (Å²) in [6, 6.07) is 13.9. The minimum atomic E-state index is -4.88. The number of aromatic nitrogens is 1. The number of benzene rings is 3. The Kier molecular flexibility index (Phi) is 10.9. The molecule has 1 aromatic heterocycles. The Morgan fingerprint density at radius 2 is 1.56 bits per heavy atom. The molecule has 1 unspecified atom stereocenters. The lowest BCUT2D eigenvalue weighted by molar-refractivity contribution is -0.155. The second-order valence-electron chi connectivity index (χ2n) is 13.8. The SMILES string of the molecule is CN(C)C(=O)c1ccc2nc(-c3cccc(C(F)(F)F)c3)c(CN3CCC(N4CCCCC4)CC3)c(C(=O)NC(c3ccccc3)C(F)(F)F)c2c1. The van der Waals surface area contributed by atoms with Crippen LogP contribution in [0.25, 0.3) is 22.2 Å². The quantitative estimate of drug-likeness (QED) is 0.186. The molecule has 2 fully saturated rings. The minimum absolute atomic E-state index is 0.0396. The van der Waals surface area contributed by atoms with E-state index in [1.165, 1.54) is 65.9 Å². The summed E-state index contributed by atoms with van der Waals surface area (Å²) in [7, 11) is 3.09. The molecule has 3 aromatic carbocycles. The van der Waals surface area contributed by atoms with E-state index in [9.17, 15) is 35.9 Å². The number of pyridine rings is 1. The maximum atomic E-state index is 14.6. The third kappa shape index (κ3) is 8.25. The molecule has 0 aliphatic carbocycles. The molecule has 0 spiro atoms. The first-order valence-electron chi connectivity index (χ1n) is 17.5. The molecule has 52 heavy (non-hydrogen) atoms. The number of carbonyl (C=O) groups is 2. The van der Waals surface area contributed by atoms with Crippen LogP contribution in [0.4, 0.5) is 26.3 Å². The lowest BCUT2D eigenvalue weighted by Crippen LogP contribution is -2.46. The molecule has 2 aliphatic rings. The summed E-state index contributed by atoms with van der Waals surface area (Å²) < 4.78 is 85.8. The molecule has 276 valence electrons. The van der Waals surface area contributed by atoms with Gasteiger partial charge in [-0.15, -0.1) is 0 Å². The van der Waals surface area contributed by atoms with Crippen LogP contribution in [0.2, 0.25) is 0 Å². The van der Waals surface area contributed by atoms with E-state index in [2.05, 4.69) is 15.1 Å². The van der Waals surface area contributed by atoms with Crippen molar-refractivity contribution in [2.24, 2.45) is 0 Å². The van der Waals surface area contributed by atoms with Gasteiger partial charge in [-0.1, -0.05) is 48.9 Å². The molecular formula is C39H41F6N5O2. The van der Waals surface area contributed by atoms with Crippen molar-refractivity contribution in [1.82, 2.24) is 25.0 Å². The predicted molar refractivity (Wildman–Crippen MR) is 187 cm³/mol. The van der Waals surface area contributed by atoms with E-state index < -0.39 is 35.8 Å². The molecule has 2 aliphatic heterocycles. The van der Waals surface area contributed by atoms with Crippen LogP contribution in [0, 0.1) is 0 Å². The molecule has 6 rings (SSSR count). The van der Waals surface area contributed by atoms with Crippen LogP contribution >= 0.6 is 0 Å². The van der Waals surface area contributed by atoms with E-state index in [4.69, 9.17) is 4.98 Å². The first-order chi connectivity index (χ1) is 24.7. The second kappa shape index (κ2) is 15.2. The van der Waals surface area contributed by atoms with Gasteiger partial charge >= 0.3 is 12.4 Å². The van der Waals surface area contributed by atoms with Crippen molar-refractivity contribution in [3.05, 3.63) is 101 Å². The van der Waals surface area contributed by atoms with Gasteiger partial charge in [0, 0.05) is 48.8 Å². The van der Waals surface area contributed by atoms with E-state index in [1.54, 1.807) is 20.2 Å². The number of hydrogen-bond donors (Lipinski definition) is 1. The largest absolute Gasteiger partial charge is 0.416 e. The highest BCUT2D eigenvalue weighted by Crippen LogP contribution is 2.38. The predicted octanol–water partition coefficient (Wildman–Crippen LogP) is 8.11. The normalized spacial score (nSPS) is 17.2. The monoisotopic (exact) mass is 725 g/mol. The van der Waals surface area contributed by atoms with Gasteiger partial charge in [-0.25, -0.2) is 4.98 Å². The minimum Gasteiger partial charge on any atom is -0.345 e. The highest BCUT2D eigenvalue weighted by molar-refractivity contribution is 6.11. The number of amides is 2. The number of halogens is 6. The van der Waals surface area contributed by atoms with Gasteiger partial charge < -0.3 is 15.1 Å². The number of nitrogens with zero attached hydrogens (tertiary/aromatic N) is 4. The summed E-state index contributed by atoms with van der Waals surface area (Å²) in [5.41, 5.74) is -0.681. The highest BCUT2D eigenvalue weighted by atomic mass is 19.4. The van der Waals surface area contributed by atoms with Gasteiger partial charge in [0.2, 0.25) is 0 Å². The molecule has 1 atom stereocenters. The number of alkyl halides is 6. The number of fused-ring (bicyclic) bond motifs is 1. The van der Waals surface area contributed by atoms with E-state index in [0.29, 0.717) is 19.1 Å². The molecule has 2 amide bonds. The van der Waals surface area contributed by atoms with Gasteiger partial charge in [-0.2, -0.15) is 26.3 Å². The molecule has 0 saturated carbocycles. The van der Waals surface area contributed by atoms with Crippen LogP contribution in [0.3, 0.4) is 0 Å². The maximum Gasteiger partial charge on any atom is 0.416 e. The molecular weight excluding hydrogens is 684 g/mol. The van der Waals surface area contributed by atoms with Gasteiger partial charge in [-0.05, 0) is 87.8 Å². The fraction of sp³-hybridized carbons (Fsp3) is 0.410. The molecule has 3 heterocycles. The third-order valence-corrected chi connectivity index (χ3v) is 10.0. The molecule has 0 bridgehead atoms. The molecule has 7 nitrogen and oxygen atoms in total. The van der Waals surface area contributed by atoms with Crippen molar-refractivity contribution >= 4 is 22.7 Å². The zero-order chi connectivity index (χ0) is 37.2. The van der Waals surface area contributed by atoms with Crippen molar-refractivity contribution < 1.29 is 35.9 Å². The summed E-state index contributed by atoms with van der Waals surface area (Å²) >= 11 is 0. The van der Waals surface area contributed by atoms with E-state index in [0.717, 1.165) is 50.9 Å². The summed E-state index contributed by atoms with van der Waals surface area (Å²) in [6.45, 7) is 3.31. The third-order valence-electron chi connectivity index (χ3n) is 10.0. The van der Waals surface area contributed by atoms with Crippen LogP contribution in [0.1, 0.15) is 75.6 Å². The average Bonchev–Trinajstić information content (AvgIpc) is 3.13. The number of rotatable bonds is 8. The number of hydrogen-bond acceptors (Lipinski definition) is 5.